The highest BCUT2D eigenvalue weighted by atomic mass is 32.1. The monoisotopic (exact) mass is 359 g/mol. The zero-order chi connectivity index (χ0) is 17.2. The summed E-state index contributed by atoms with van der Waals surface area (Å²) in [4.78, 5) is 12.6. The van der Waals surface area contributed by atoms with Gasteiger partial charge in [-0.15, -0.1) is 5.10 Å². The number of amides is 1. The van der Waals surface area contributed by atoms with Crippen molar-refractivity contribution in [2.45, 2.75) is 12.5 Å². The summed E-state index contributed by atoms with van der Waals surface area (Å²) in [5.41, 5.74) is 1.47. The fourth-order valence-corrected chi connectivity index (χ4v) is 3.34. The second kappa shape index (κ2) is 6.69. The molecule has 1 aliphatic heterocycles. The Morgan fingerprint density at radius 3 is 2.92 bits per heavy atom. The molecule has 4 rings (SSSR count). The predicted octanol–water partition coefficient (Wildman–Crippen LogP) is 2.58. The molecule has 0 radical (unpaired) electrons. The lowest BCUT2D eigenvalue weighted by molar-refractivity contribution is -0.121. The zero-order valence-electron chi connectivity index (χ0n) is 13.0. The highest BCUT2D eigenvalue weighted by Crippen LogP contribution is 2.36. The Kier molecular flexibility index (Phi) is 4.24. The van der Waals surface area contributed by atoms with Gasteiger partial charge in [-0.05, 0) is 36.8 Å². The molecule has 1 saturated heterocycles. The second-order valence-corrected chi connectivity index (χ2v) is 6.39. The quantitative estimate of drug-likeness (QED) is 0.774. The topological polar surface area (TPSA) is 81.9 Å². The van der Waals surface area contributed by atoms with Crippen molar-refractivity contribution >= 4 is 22.4 Å². The van der Waals surface area contributed by atoms with Gasteiger partial charge in [0.15, 0.2) is 0 Å². The van der Waals surface area contributed by atoms with Crippen molar-refractivity contribution in [3.05, 3.63) is 54.2 Å². The summed E-state index contributed by atoms with van der Waals surface area (Å²) in [6.07, 6.45) is 3.34. The van der Waals surface area contributed by atoms with Crippen molar-refractivity contribution in [1.82, 2.24) is 19.4 Å². The third-order valence-corrected chi connectivity index (χ3v) is 4.65. The number of ether oxygens (including phenoxy) is 1. The minimum Gasteiger partial charge on any atom is -0.371 e. The Morgan fingerprint density at radius 1 is 1.32 bits per heavy atom. The first kappa shape index (κ1) is 15.9. The third-order valence-electron chi connectivity index (χ3n) is 4.07. The SMILES string of the molecule is O=C(Nc1cnns1)[C@H]1CCO[C@@H]1c1ccnn1-c1ccc(F)cc1. The van der Waals surface area contributed by atoms with Crippen molar-refractivity contribution in [2.24, 2.45) is 5.92 Å². The first-order valence-corrected chi connectivity index (χ1v) is 8.49. The van der Waals surface area contributed by atoms with Gasteiger partial charge in [0.25, 0.3) is 0 Å². The largest absolute Gasteiger partial charge is 0.371 e. The van der Waals surface area contributed by atoms with Crippen molar-refractivity contribution in [2.75, 3.05) is 11.9 Å². The average molecular weight is 359 g/mol. The van der Waals surface area contributed by atoms with Gasteiger partial charge < -0.3 is 10.1 Å². The van der Waals surface area contributed by atoms with Crippen LogP contribution in [0.4, 0.5) is 9.39 Å². The summed E-state index contributed by atoms with van der Waals surface area (Å²) >= 11 is 1.12. The number of halogens is 1. The van der Waals surface area contributed by atoms with Gasteiger partial charge >= 0.3 is 0 Å². The van der Waals surface area contributed by atoms with Crippen LogP contribution in [-0.2, 0) is 9.53 Å². The molecule has 7 nitrogen and oxygen atoms in total. The molecule has 0 aliphatic carbocycles. The minimum atomic E-state index is -0.423. The van der Waals surface area contributed by atoms with E-state index in [2.05, 4.69) is 20.0 Å². The van der Waals surface area contributed by atoms with E-state index in [9.17, 15) is 9.18 Å². The molecule has 1 aromatic carbocycles. The molecule has 2 atom stereocenters. The number of rotatable bonds is 4. The summed E-state index contributed by atoms with van der Waals surface area (Å²) in [7, 11) is 0. The van der Waals surface area contributed by atoms with Gasteiger partial charge in [-0.25, -0.2) is 9.07 Å². The highest BCUT2D eigenvalue weighted by molar-refractivity contribution is 7.10. The third kappa shape index (κ3) is 3.15. The zero-order valence-corrected chi connectivity index (χ0v) is 13.8. The van der Waals surface area contributed by atoms with Gasteiger partial charge in [-0.1, -0.05) is 4.49 Å². The molecule has 2 aromatic heterocycles. The van der Waals surface area contributed by atoms with E-state index < -0.39 is 6.10 Å². The van der Waals surface area contributed by atoms with Crippen molar-refractivity contribution in [1.29, 1.82) is 0 Å². The fourth-order valence-electron chi connectivity index (χ4n) is 2.91. The van der Waals surface area contributed by atoms with Crippen LogP contribution in [0, 0.1) is 11.7 Å². The smallest absolute Gasteiger partial charge is 0.231 e. The van der Waals surface area contributed by atoms with Gasteiger partial charge in [-0.2, -0.15) is 5.10 Å². The summed E-state index contributed by atoms with van der Waals surface area (Å²) in [5, 5.41) is 11.4. The number of benzene rings is 1. The Morgan fingerprint density at radius 2 is 2.16 bits per heavy atom. The van der Waals surface area contributed by atoms with Crippen LogP contribution >= 0.6 is 11.5 Å². The number of hydrogen-bond donors (Lipinski definition) is 1. The molecule has 1 aliphatic rings. The number of anilines is 1. The maximum atomic E-state index is 13.2. The molecular weight excluding hydrogens is 345 g/mol. The Balaban J connectivity index is 1.60. The summed E-state index contributed by atoms with van der Waals surface area (Å²) in [6, 6.07) is 7.83. The van der Waals surface area contributed by atoms with Crippen LogP contribution in [0.15, 0.2) is 42.7 Å². The van der Waals surface area contributed by atoms with E-state index >= 15 is 0 Å². The number of aromatic nitrogens is 4. The fraction of sp³-hybridized carbons (Fsp3) is 0.250. The lowest BCUT2D eigenvalue weighted by Gasteiger charge is -2.19. The molecule has 25 heavy (non-hydrogen) atoms. The molecule has 0 unspecified atom stereocenters. The summed E-state index contributed by atoms with van der Waals surface area (Å²) < 4.78 is 24.4. The van der Waals surface area contributed by atoms with Crippen LogP contribution in [0.1, 0.15) is 18.2 Å². The summed E-state index contributed by atoms with van der Waals surface area (Å²) in [6.45, 7) is 0.484. The maximum Gasteiger partial charge on any atom is 0.231 e. The van der Waals surface area contributed by atoms with Crippen LogP contribution in [0.2, 0.25) is 0 Å². The molecular formula is C16H14FN5O2S. The predicted molar refractivity (Wildman–Crippen MR) is 88.9 cm³/mol. The van der Waals surface area contributed by atoms with Crippen molar-refractivity contribution in [3.8, 4) is 5.69 Å². The van der Waals surface area contributed by atoms with E-state index in [1.807, 2.05) is 6.07 Å². The number of nitrogens with one attached hydrogen (secondary N) is 1. The average Bonchev–Trinajstić information content (AvgIpc) is 3.36. The van der Waals surface area contributed by atoms with Gasteiger partial charge in [0.1, 0.15) is 16.9 Å². The molecule has 1 amide bonds. The van der Waals surface area contributed by atoms with E-state index in [1.165, 1.54) is 18.3 Å². The van der Waals surface area contributed by atoms with Gasteiger partial charge in [0.05, 0.1) is 23.5 Å². The second-order valence-electron chi connectivity index (χ2n) is 5.60. The maximum absolute atomic E-state index is 13.2. The first-order chi connectivity index (χ1) is 12.2. The van der Waals surface area contributed by atoms with E-state index in [4.69, 9.17) is 4.74 Å². The molecule has 0 spiro atoms. The van der Waals surface area contributed by atoms with E-state index in [1.54, 1.807) is 23.0 Å². The molecule has 0 saturated carbocycles. The highest BCUT2D eigenvalue weighted by Gasteiger charge is 2.37. The van der Waals surface area contributed by atoms with Crippen molar-refractivity contribution < 1.29 is 13.9 Å². The Hall–Kier alpha value is -2.65. The van der Waals surface area contributed by atoms with Crippen LogP contribution in [0.5, 0.6) is 0 Å². The van der Waals surface area contributed by atoms with E-state index in [0.29, 0.717) is 23.7 Å². The van der Waals surface area contributed by atoms with Crippen LogP contribution in [-0.4, -0.2) is 31.9 Å². The normalized spacial score (nSPS) is 19.9. The molecule has 3 aromatic rings. The standard InChI is InChI=1S/C16H14FN5O2S/c17-10-1-3-11(4-2-10)22-13(5-7-19-22)15-12(6-8-24-15)16(23)20-14-9-18-21-25-14/h1-5,7,9,12,15H,6,8H2,(H,20,23)/t12-,15-/m0/s1. The van der Waals surface area contributed by atoms with Gasteiger partial charge in [0, 0.05) is 24.3 Å². The number of nitrogens with zero attached hydrogens (tertiary/aromatic N) is 4. The lowest BCUT2D eigenvalue weighted by Crippen LogP contribution is -2.26. The molecule has 1 N–H and O–H groups in total. The number of hydrogen-bond acceptors (Lipinski definition) is 6. The molecule has 9 heteroatoms. The molecule has 1 fully saturated rings. The van der Waals surface area contributed by atoms with Crippen LogP contribution in [0.25, 0.3) is 5.69 Å². The first-order valence-electron chi connectivity index (χ1n) is 7.72. The van der Waals surface area contributed by atoms with Gasteiger partial charge in [0.2, 0.25) is 5.91 Å². The van der Waals surface area contributed by atoms with Crippen LogP contribution < -0.4 is 5.32 Å². The van der Waals surface area contributed by atoms with Crippen molar-refractivity contribution in [3.63, 3.8) is 0 Å². The van der Waals surface area contributed by atoms with E-state index in [0.717, 1.165) is 17.2 Å². The number of carbonyl (C=O) groups excluding carboxylic acids is 1. The number of carbonyl (C=O) groups is 1. The Bertz CT molecular complexity index is 865. The molecule has 0 bridgehead atoms. The Labute approximate surface area is 146 Å². The molecule has 3 heterocycles. The minimum absolute atomic E-state index is 0.139. The van der Waals surface area contributed by atoms with Crippen LogP contribution in [0.3, 0.4) is 0 Å². The lowest BCUT2D eigenvalue weighted by atomic mass is 9.98. The summed E-state index contributed by atoms with van der Waals surface area (Å²) in [5.74, 6) is -0.802. The van der Waals surface area contributed by atoms with Gasteiger partial charge in [-0.3, -0.25) is 4.79 Å². The van der Waals surface area contributed by atoms with E-state index in [-0.39, 0.29) is 17.6 Å². The molecule has 128 valence electrons.